The third-order valence-corrected chi connectivity index (χ3v) is 1.56. The molecule has 0 aromatic rings. The molecular formula is C7H11I2NPt. The average Bonchev–Trinajstić information content (AvgIpc) is 1.97. The Morgan fingerprint density at radius 1 is 1.36 bits per heavy atom. The number of nitrogens with one attached hydrogen (secondary N) is 1. The van der Waals surface area contributed by atoms with Gasteiger partial charge in [-0.25, -0.2) is 0 Å². The van der Waals surface area contributed by atoms with Gasteiger partial charge < -0.3 is 12.7 Å². The van der Waals surface area contributed by atoms with E-state index >= 15 is 0 Å². The van der Waals surface area contributed by atoms with Crippen molar-refractivity contribution in [2.24, 2.45) is 5.92 Å². The van der Waals surface area contributed by atoms with Gasteiger partial charge in [0, 0.05) is 0 Å². The summed E-state index contributed by atoms with van der Waals surface area (Å²) in [6.07, 6.45) is 6.07. The van der Waals surface area contributed by atoms with Crippen molar-refractivity contribution in [3.8, 4) is 0 Å². The topological polar surface area (TPSA) is 23.8 Å². The van der Waals surface area contributed by atoms with E-state index in [4.69, 9.17) is 5.73 Å². The number of hydrogen-bond donors (Lipinski definition) is 0. The monoisotopic (exact) mass is 558 g/mol. The summed E-state index contributed by atoms with van der Waals surface area (Å²) in [7, 11) is 0. The quantitative estimate of drug-likeness (QED) is 0.244. The number of hydrogen-bond acceptors (Lipinski definition) is 0. The molecule has 0 saturated carbocycles. The molecule has 11 heavy (non-hydrogen) atoms. The van der Waals surface area contributed by atoms with E-state index in [0.29, 0.717) is 17.1 Å². The van der Waals surface area contributed by atoms with Gasteiger partial charge in [-0.15, -0.1) is 0 Å². The SMILES string of the molecule is [CH2-]C1CC=CCC1[NH-].[I][Pt+2][I]. The predicted octanol–water partition coefficient (Wildman–Crippen LogP) is 3.98. The normalized spacial score (nSPS) is 29.5. The number of allylic oxidation sites excluding steroid dienone is 1. The molecule has 0 spiro atoms. The summed E-state index contributed by atoms with van der Waals surface area (Å²) in [5.41, 5.74) is 7.36. The van der Waals surface area contributed by atoms with E-state index < -0.39 is 0 Å². The van der Waals surface area contributed by atoms with Crippen LogP contribution < -0.4 is 0 Å². The third kappa shape index (κ3) is 6.96. The first-order chi connectivity index (χ1) is 5.22. The molecule has 1 N–H and O–H groups in total. The molecule has 4 heteroatoms. The Morgan fingerprint density at radius 2 is 1.82 bits per heavy atom. The van der Waals surface area contributed by atoms with Crippen LogP contribution in [-0.4, -0.2) is 6.04 Å². The van der Waals surface area contributed by atoms with Crippen molar-refractivity contribution in [2.75, 3.05) is 0 Å². The Hall–Kier alpha value is 1.85. The maximum absolute atomic E-state index is 7.36. The first-order valence-electron chi connectivity index (χ1n) is 3.24. The first kappa shape index (κ1) is 12.8. The summed E-state index contributed by atoms with van der Waals surface area (Å²) >= 11 is 5.30. The van der Waals surface area contributed by atoms with Gasteiger partial charge in [-0.3, -0.25) is 0 Å². The fourth-order valence-electron chi connectivity index (χ4n) is 0.871. The minimum absolute atomic E-state index is 0.0556. The van der Waals surface area contributed by atoms with E-state index in [1.807, 2.05) is 0 Å². The molecule has 1 aliphatic rings. The van der Waals surface area contributed by atoms with Gasteiger partial charge in [0.05, 0.1) is 0 Å². The van der Waals surface area contributed by atoms with Gasteiger partial charge >= 0.3 is 49.9 Å². The van der Waals surface area contributed by atoms with E-state index in [-0.39, 0.29) is 6.04 Å². The van der Waals surface area contributed by atoms with Gasteiger partial charge in [-0.05, 0) is 0 Å². The molecule has 1 aliphatic carbocycles. The Bertz CT molecular complexity index is 107. The molecule has 0 aromatic carbocycles. The molecule has 0 saturated heterocycles. The summed E-state index contributed by atoms with van der Waals surface area (Å²) in [6.45, 7) is 3.84. The van der Waals surface area contributed by atoms with Gasteiger partial charge in [0.25, 0.3) is 0 Å². The van der Waals surface area contributed by atoms with Crippen molar-refractivity contribution in [1.82, 2.24) is 0 Å². The van der Waals surface area contributed by atoms with Crippen LogP contribution in [0.5, 0.6) is 0 Å². The molecule has 0 fully saturated rings. The zero-order chi connectivity index (χ0) is 8.69. The van der Waals surface area contributed by atoms with Crippen LogP contribution in [-0.2, 0) is 11.2 Å². The van der Waals surface area contributed by atoms with E-state index in [1.165, 1.54) is 0 Å². The second-order valence-corrected chi connectivity index (χ2v) is 18.9. The van der Waals surface area contributed by atoms with E-state index in [9.17, 15) is 0 Å². The van der Waals surface area contributed by atoms with Gasteiger partial charge in [0.2, 0.25) is 0 Å². The Morgan fingerprint density at radius 3 is 2.09 bits per heavy atom. The summed E-state index contributed by atoms with van der Waals surface area (Å²) in [5.74, 6) is 0.333. The van der Waals surface area contributed by atoms with Crippen LogP contribution in [0.25, 0.3) is 5.73 Å². The first-order valence-corrected chi connectivity index (χ1v) is 16.1. The maximum atomic E-state index is 7.36. The molecule has 0 aromatic heterocycles. The van der Waals surface area contributed by atoms with Crippen molar-refractivity contribution in [1.29, 1.82) is 0 Å². The molecule has 1 rings (SSSR count). The van der Waals surface area contributed by atoms with Crippen LogP contribution in [0.1, 0.15) is 12.8 Å². The molecule has 2 atom stereocenters. The fraction of sp³-hybridized carbons (Fsp3) is 0.571. The summed E-state index contributed by atoms with van der Waals surface area (Å²) in [5, 5.41) is 0. The van der Waals surface area contributed by atoms with Gasteiger partial charge in [-0.1, -0.05) is 25.0 Å². The van der Waals surface area contributed by atoms with Gasteiger partial charge in [-0.2, -0.15) is 12.0 Å². The predicted molar refractivity (Wildman–Crippen MR) is 63.4 cm³/mol. The molecule has 0 heterocycles. The molecule has 0 aliphatic heterocycles. The Labute approximate surface area is 98.1 Å². The van der Waals surface area contributed by atoms with E-state index in [2.05, 4.69) is 57.8 Å². The average molecular weight is 558 g/mol. The van der Waals surface area contributed by atoms with Gasteiger partial charge in [0.15, 0.2) is 0 Å². The fourth-order valence-corrected chi connectivity index (χ4v) is 0.871. The van der Waals surface area contributed by atoms with Crippen molar-refractivity contribution >= 4 is 38.7 Å². The molecular weight excluding hydrogens is 547 g/mol. The van der Waals surface area contributed by atoms with Crippen LogP contribution in [0.3, 0.4) is 0 Å². The Balaban J connectivity index is 0.000000292. The van der Waals surface area contributed by atoms with Crippen molar-refractivity contribution < 1.29 is 11.2 Å². The van der Waals surface area contributed by atoms with Gasteiger partial charge in [0.1, 0.15) is 0 Å². The van der Waals surface area contributed by atoms with Crippen molar-refractivity contribution in [3.05, 3.63) is 24.8 Å². The zero-order valence-electron chi connectivity index (χ0n) is 6.00. The standard InChI is InChI=1S/C7H11N.2HI.Pt/c1-6-4-2-3-5-7(6)8;;;/h2-3,6-8H,1,4-5H2;2*1H;/q-2;;;+4/p-2. The van der Waals surface area contributed by atoms with Crippen LogP contribution in [0.4, 0.5) is 0 Å². The molecule has 0 amide bonds. The van der Waals surface area contributed by atoms with Crippen LogP contribution >= 0.6 is 38.7 Å². The summed E-state index contributed by atoms with van der Waals surface area (Å²) < 4.78 is 0. The molecule has 1 nitrogen and oxygen atoms in total. The molecule has 0 radical (unpaired) electrons. The second-order valence-electron chi connectivity index (χ2n) is 2.35. The molecule has 2 unspecified atom stereocenters. The molecule has 0 bridgehead atoms. The number of halogens is 2. The number of rotatable bonds is 0. The van der Waals surface area contributed by atoms with E-state index in [0.717, 1.165) is 12.8 Å². The summed E-state index contributed by atoms with van der Waals surface area (Å²) in [6, 6.07) is 0.0556. The minimum atomic E-state index is 0.0556. The van der Waals surface area contributed by atoms with Crippen molar-refractivity contribution in [2.45, 2.75) is 18.9 Å². The van der Waals surface area contributed by atoms with Crippen LogP contribution in [0.15, 0.2) is 12.2 Å². The van der Waals surface area contributed by atoms with Crippen LogP contribution in [0.2, 0.25) is 0 Å². The second kappa shape index (κ2) is 8.45. The van der Waals surface area contributed by atoms with Crippen LogP contribution in [0, 0.1) is 12.8 Å². The third-order valence-electron chi connectivity index (χ3n) is 1.56. The van der Waals surface area contributed by atoms with Crippen molar-refractivity contribution in [3.63, 3.8) is 0 Å². The zero-order valence-corrected chi connectivity index (χ0v) is 12.6. The summed E-state index contributed by atoms with van der Waals surface area (Å²) in [4.78, 5) is 0. The van der Waals surface area contributed by atoms with E-state index in [1.54, 1.807) is 0 Å². The molecule has 68 valence electrons. The Kier molecular flexibility index (Phi) is 9.87.